The van der Waals surface area contributed by atoms with Crippen LogP contribution in [0.3, 0.4) is 0 Å². The number of methoxy groups -OCH3 is 1. The first-order chi connectivity index (χ1) is 13.4. The first-order valence-electron chi connectivity index (χ1n) is 9.57. The summed E-state index contributed by atoms with van der Waals surface area (Å²) < 4.78 is 13.4. The summed E-state index contributed by atoms with van der Waals surface area (Å²) in [5.41, 5.74) is 4.60. The molecule has 1 aliphatic heterocycles. The Hall–Kier alpha value is -2.41. The Morgan fingerprint density at radius 1 is 1.18 bits per heavy atom. The number of hydrogen-bond donors (Lipinski definition) is 2. The predicted octanol–water partition coefficient (Wildman–Crippen LogP) is 3.57. The van der Waals surface area contributed by atoms with Crippen LogP contribution in [0.4, 0.5) is 5.69 Å². The molecule has 0 amide bonds. The summed E-state index contributed by atoms with van der Waals surface area (Å²) in [7, 11) is 1.64. The molecule has 3 atom stereocenters. The highest BCUT2D eigenvalue weighted by Crippen LogP contribution is 2.48. The molecular formula is C22H27N3O3. The van der Waals surface area contributed by atoms with E-state index in [1.807, 2.05) is 56.4 Å². The predicted molar refractivity (Wildman–Crippen MR) is 109 cm³/mol. The lowest BCUT2D eigenvalue weighted by Gasteiger charge is -2.45. The lowest BCUT2D eigenvalue weighted by atomic mass is 9.79. The standard InChI is InChI=1S/C22H27N3O3/c1-14-15(2)25-11-10-17-18(21(25)23-14)24-19(16-8-6-5-7-9-16)22(3,26)20(17)28-13-12-27-4/h5-11,19-20,24,26H,12-13H2,1-4H3/t19-,20+,22-/m1/s1. The molecule has 0 unspecified atom stereocenters. The first kappa shape index (κ1) is 18.9. The van der Waals surface area contributed by atoms with Crippen molar-refractivity contribution in [3.8, 4) is 0 Å². The second kappa shape index (κ2) is 7.20. The van der Waals surface area contributed by atoms with Gasteiger partial charge in [-0.25, -0.2) is 4.98 Å². The Balaban J connectivity index is 1.88. The van der Waals surface area contributed by atoms with Crippen molar-refractivity contribution in [2.24, 2.45) is 0 Å². The molecule has 0 radical (unpaired) electrons. The van der Waals surface area contributed by atoms with Gasteiger partial charge in [0.25, 0.3) is 0 Å². The number of fused-ring (bicyclic) bond motifs is 3. The third-order valence-corrected chi connectivity index (χ3v) is 5.69. The number of benzene rings is 1. The molecule has 0 saturated carbocycles. The van der Waals surface area contributed by atoms with Crippen LogP contribution in [-0.2, 0) is 9.47 Å². The molecule has 3 heterocycles. The molecule has 0 fully saturated rings. The van der Waals surface area contributed by atoms with E-state index in [4.69, 9.17) is 14.5 Å². The van der Waals surface area contributed by atoms with Crippen molar-refractivity contribution in [2.75, 3.05) is 25.6 Å². The van der Waals surface area contributed by atoms with E-state index in [0.717, 1.165) is 33.8 Å². The van der Waals surface area contributed by atoms with Gasteiger partial charge < -0.3 is 24.3 Å². The van der Waals surface area contributed by atoms with Crippen LogP contribution in [0.25, 0.3) is 5.65 Å². The Morgan fingerprint density at radius 3 is 2.64 bits per heavy atom. The lowest BCUT2D eigenvalue weighted by Crippen LogP contribution is -2.48. The van der Waals surface area contributed by atoms with Crippen LogP contribution in [0.5, 0.6) is 0 Å². The van der Waals surface area contributed by atoms with E-state index in [-0.39, 0.29) is 6.04 Å². The zero-order valence-electron chi connectivity index (χ0n) is 16.8. The van der Waals surface area contributed by atoms with Gasteiger partial charge in [-0.2, -0.15) is 0 Å². The number of ether oxygens (including phenoxy) is 2. The maximum Gasteiger partial charge on any atom is 0.161 e. The molecule has 148 valence electrons. The van der Waals surface area contributed by atoms with Gasteiger partial charge in [0.05, 0.1) is 30.6 Å². The number of aryl methyl sites for hydroxylation is 2. The van der Waals surface area contributed by atoms with Crippen LogP contribution >= 0.6 is 0 Å². The summed E-state index contributed by atoms with van der Waals surface area (Å²) >= 11 is 0. The Morgan fingerprint density at radius 2 is 1.93 bits per heavy atom. The van der Waals surface area contributed by atoms with Gasteiger partial charge in [-0.3, -0.25) is 0 Å². The summed E-state index contributed by atoms with van der Waals surface area (Å²) in [4.78, 5) is 4.77. The van der Waals surface area contributed by atoms with E-state index in [0.29, 0.717) is 13.2 Å². The summed E-state index contributed by atoms with van der Waals surface area (Å²) in [5.74, 6) is 0. The minimum Gasteiger partial charge on any atom is -0.385 e. The average molecular weight is 381 g/mol. The summed E-state index contributed by atoms with van der Waals surface area (Å²) in [6.07, 6.45) is 1.49. The van der Waals surface area contributed by atoms with Gasteiger partial charge in [-0.1, -0.05) is 30.3 Å². The molecule has 2 aromatic heterocycles. The second-order valence-corrected chi connectivity index (χ2v) is 7.58. The maximum atomic E-state index is 11.6. The molecule has 0 spiro atoms. The van der Waals surface area contributed by atoms with Gasteiger partial charge in [0.15, 0.2) is 5.65 Å². The molecule has 1 aromatic carbocycles. The number of aromatic nitrogens is 2. The molecule has 28 heavy (non-hydrogen) atoms. The zero-order valence-corrected chi connectivity index (χ0v) is 16.8. The average Bonchev–Trinajstić information content (AvgIpc) is 2.98. The normalized spacial score (nSPS) is 24.2. The quantitative estimate of drug-likeness (QED) is 0.662. The summed E-state index contributed by atoms with van der Waals surface area (Å²) in [6.45, 7) is 6.76. The molecule has 0 bridgehead atoms. The first-order valence-corrected chi connectivity index (χ1v) is 9.57. The topological polar surface area (TPSA) is 68.0 Å². The molecule has 0 saturated heterocycles. The Labute approximate surface area is 165 Å². The fourth-order valence-corrected chi connectivity index (χ4v) is 4.05. The van der Waals surface area contributed by atoms with E-state index in [2.05, 4.69) is 16.6 Å². The van der Waals surface area contributed by atoms with Gasteiger partial charge in [0.2, 0.25) is 0 Å². The van der Waals surface area contributed by atoms with Crippen molar-refractivity contribution >= 4 is 11.3 Å². The van der Waals surface area contributed by atoms with E-state index < -0.39 is 11.7 Å². The van der Waals surface area contributed by atoms with Gasteiger partial charge in [0.1, 0.15) is 11.7 Å². The number of nitrogens with zero attached hydrogens (tertiary/aromatic N) is 2. The molecular weight excluding hydrogens is 354 g/mol. The largest absolute Gasteiger partial charge is 0.385 e. The highest BCUT2D eigenvalue weighted by Gasteiger charge is 2.47. The third kappa shape index (κ3) is 2.98. The second-order valence-electron chi connectivity index (χ2n) is 7.58. The van der Waals surface area contributed by atoms with Crippen LogP contribution in [0.1, 0.15) is 41.6 Å². The van der Waals surface area contributed by atoms with Crippen molar-refractivity contribution < 1.29 is 14.6 Å². The Bertz CT molecular complexity index is 982. The van der Waals surface area contributed by atoms with E-state index in [9.17, 15) is 5.11 Å². The summed E-state index contributed by atoms with van der Waals surface area (Å²) in [5, 5.41) is 15.1. The molecule has 6 nitrogen and oxygen atoms in total. The van der Waals surface area contributed by atoms with Crippen molar-refractivity contribution in [1.82, 2.24) is 9.38 Å². The minimum atomic E-state index is -1.16. The van der Waals surface area contributed by atoms with Crippen LogP contribution < -0.4 is 5.32 Å². The number of hydrogen-bond acceptors (Lipinski definition) is 5. The van der Waals surface area contributed by atoms with Crippen LogP contribution in [0.15, 0.2) is 42.6 Å². The van der Waals surface area contributed by atoms with Crippen molar-refractivity contribution in [2.45, 2.75) is 38.5 Å². The fraction of sp³-hybridized carbons (Fsp3) is 0.409. The summed E-state index contributed by atoms with van der Waals surface area (Å²) in [6, 6.07) is 11.6. The third-order valence-electron chi connectivity index (χ3n) is 5.69. The van der Waals surface area contributed by atoms with Gasteiger partial charge in [-0.05, 0) is 32.4 Å². The number of nitrogens with one attached hydrogen (secondary N) is 1. The van der Waals surface area contributed by atoms with Crippen LogP contribution in [0, 0.1) is 13.8 Å². The zero-order chi connectivity index (χ0) is 19.9. The molecule has 3 aromatic rings. The van der Waals surface area contributed by atoms with Crippen molar-refractivity contribution in [1.29, 1.82) is 0 Å². The van der Waals surface area contributed by atoms with Gasteiger partial charge >= 0.3 is 0 Å². The molecule has 0 aliphatic carbocycles. The monoisotopic (exact) mass is 381 g/mol. The lowest BCUT2D eigenvalue weighted by molar-refractivity contribution is -0.122. The smallest absolute Gasteiger partial charge is 0.161 e. The van der Waals surface area contributed by atoms with E-state index in [1.165, 1.54) is 0 Å². The number of anilines is 1. The Kier molecular flexibility index (Phi) is 4.87. The fourth-order valence-electron chi connectivity index (χ4n) is 4.05. The van der Waals surface area contributed by atoms with E-state index >= 15 is 0 Å². The van der Waals surface area contributed by atoms with Gasteiger partial charge in [0, 0.05) is 24.6 Å². The molecule has 2 N–H and O–H groups in total. The minimum absolute atomic E-state index is 0.336. The van der Waals surface area contributed by atoms with E-state index in [1.54, 1.807) is 7.11 Å². The molecule has 6 heteroatoms. The molecule has 4 rings (SSSR count). The highest BCUT2D eigenvalue weighted by atomic mass is 16.5. The molecule has 1 aliphatic rings. The van der Waals surface area contributed by atoms with Crippen LogP contribution in [-0.4, -0.2) is 40.4 Å². The van der Waals surface area contributed by atoms with Crippen LogP contribution in [0.2, 0.25) is 0 Å². The van der Waals surface area contributed by atoms with Gasteiger partial charge in [-0.15, -0.1) is 0 Å². The van der Waals surface area contributed by atoms with Crippen molar-refractivity contribution in [3.63, 3.8) is 0 Å². The van der Waals surface area contributed by atoms with Crippen molar-refractivity contribution in [3.05, 3.63) is 65.1 Å². The number of aliphatic hydroxyl groups is 1. The SMILES string of the molecule is COCCO[C@H]1c2ccn3c(C)c(C)nc3c2N[C@H](c2ccccc2)[C@@]1(C)O. The number of imidazole rings is 1. The number of rotatable bonds is 5. The number of pyridine rings is 1. The maximum absolute atomic E-state index is 11.6. The highest BCUT2D eigenvalue weighted by molar-refractivity contribution is 5.75.